The molecule has 1 aromatic heterocycles. The SMILES string of the molecule is Cc1ccsc1CN(C)CC(O)CCC(=O)O. The Morgan fingerprint density at radius 2 is 2.29 bits per heavy atom. The van der Waals surface area contributed by atoms with Crippen LogP contribution in [0.25, 0.3) is 0 Å². The van der Waals surface area contributed by atoms with Gasteiger partial charge in [0.25, 0.3) is 0 Å². The predicted molar refractivity (Wildman–Crippen MR) is 68.3 cm³/mol. The van der Waals surface area contributed by atoms with E-state index in [2.05, 4.69) is 18.4 Å². The summed E-state index contributed by atoms with van der Waals surface area (Å²) in [6, 6.07) is 2.08. The minimum Gasteiger partial charge on any atom is -0.481 e. The summed E-state index contributed by atoms with van der Waals surface area (Å²) >= 11 is 1.71. The first-order valence-corrected chi connectivity index (χ1v) is 6.48. The van der Waals surface area contributed by atoms with E-state index in [9.17, 15) is 9.90 Å². The zero-order valence-electron chi connectivity index (χ0n) is 10.2. The van der Waals surface area contributed by atoms with E-state index < -0.39 is 12.1 Å². The van der Waals surface area contributed by atoms with Gasteiger partial charge in [-0.1, -0.05) is 0 Å². The number of carboxylic acid groups (broad SMARTS) is 1. The molecule has 1 heterocycles. The molecule has 0 aliphatic carbocycles. The van der Waals surface area contributed by atoms with Crippen molar-refractivity contribution < 1.29 is 15.0 Å². The number of carbonyl (C=O) groups is 1. The number of likely N-dealkylation sites (N-methyl/N-ethyl adjacent to an activating group) is 1. The van der Waals surface area contributed by atoms with Crippen LogP contribution in [0.1, 0.15) is 23.3 Å². The van der Waals surface area contributed by atoms with Crippen molar-refractivity contribution in [2.24, 2.45) is 0 Å². The lowest BCUT2D eigenvalue weighted by Crippen LogP contribution is -2.29. The van der Waals surface area contributed by atoms with Crippen molar-refractivity contribution in [2.45, 2.75) is 32.4 Å². The van der Waals surface area contributed by atoms with Crippen molar-refractivity contribution in [3.8, 4) is 0 Å². The number of carboxylic acids is 1. The molecule has 0 aliphatic heterocycles. The second kappa shape index (κ2) is 6.74. The summed E-state index contributed by atoms with van der Waals surface area (Å²) in [5.41, 5.74) is 1.27. The van der Waals surface area contributed by atoms with Crippen LogP contribution in [0.3, 0.4) is 0 Å². The van der Waals surface area contributed by atoms with Crippen molar-refractivity contribution in [1.29, 1.82) is 0 Å². The van der Waals surface area contributed by atoms with Crippen molar-refractivity contribution in [3.05, 3.63) is 21.9 Å². The summed E-state index contributed by atoms with van der Waals surface area (Å²) in [6.07, 6.45) is -0.243. The first-order valence-electron chi connectivity index (χ1n) is 5.60. The van der Waals surface area contributed by atoms with E-state index in [1.54, 1.807) is 11.3 Å². The Kier molecular flexibility index (Phi) is 5.61. The highest BCUT2D eigenvalue weighted by molar-refractivity contribution is 7.10. The lowest BCUT2D eigenvalue weighted by atomic mass is 10.2. The monoisotopic (exact) mass is 257 g/mol. The lowest BCUT2D eigenvalue weighted by Gasteiger charge is -2.19. The number of aryl methyl sites for hydroxylation is 1. The van der Waals surface area contributed by atoms with Gasteiger partial charge >= 0.3 is 5.97 Å². The van der Waals surface area contributed by atoms with E-state index >= 15 is 0 Å². The highest BCUT2D eigenvalue weighted by Crippen LogP contribution is 2.17. The quantitative estimate of drug-likeness (QED) is 0.780. The highest BCUT2D eigenvalue weighted by atomic mass is 32.1. The van der Waals surface area contributed by atoms with Gasteiger partial charge in [0.2, 0.25) is 0 Å². The summed E-state index contributed by atoms with van der Waals surface area (Å²) in [5, 5.41) is 20.2. The normalized spacial score (nSPS) is 12.9. The van der Waals surface area contributed by atoms with Crippen LogP contribution < -0.4 is 0 Å². The molecule has 0 spiro atoms. The fraction of sp³-hybridized carbons (Fsp3) is 0.583. The van der Waals surface area contributed by atoms with Gasteiger partial charge in [0, 0.05) is 24.4 Å². The summed E-state index contributed by atoms with van der Waals surface area (Å²) in [7, 11) is 1.93. The van der Waals surface area contributed by atoms with E-state index in [1.165, 1.54) is 10.4 Å². The van der Waals surface area contributed by atoms with Gasteiger partial charge in [0.15, 0.2) is 0 Å². The molecular weight excluding hydrogens is 238 g/mol. The van der Waals surface area contributed by atoms with Crippen LogP contribution in [0.15, 0.2) is 11.4 Å². The summed E-state index contributed by atoms with van der Waals surface area (Å²) in [5.74, 6) is -0.860. The van der Waals surface area contributed by atoms with E-state index in [4.69, 9.17) is 5.11 Å². The Labute approximate surface area is 106 Å². The largest absolute Gasteiger partial charge is 0.481 e. The molecule has 5 heteroatoms. The number of hydrogen-bond donors (Lipinski definition) is 2. The maximum atomic E-state index is 10.4. The number of aliphatic hydroxyl groups excluding tert-OH is 1. The summed E-state index contributed by atoms with van der Waals surface area (Å²) in [6.45, 7) is 3.37. The molecule has 0 fully saturated rings. The maximum absolute atomic E-state index is 10.4. The van der Waals surface area contributed by atoms with Gasteiger partial charge < -0.3 is 10.2 Å². The fourth-order valence-electron chi connectivity index (χ4n) is 1.62. The van der Waals surface area contributed by atoms with Gasteiger partial charge in [-0.3, -0.25) is 9.69 Å². The van der Waals surface area contributed by atoms with Crippen LogP contribution in [0.2, 0.25) is 0 Å². The summed E-state index contributed by atoms with van der Waals surface area (Å²) < 4.78 is 0. The molecule has 0 radical (unpaired) electrons. The number of hydrogen-bond acceptors (Lipinski definition) is 4. The second-order valence-electron chi connectivity index (χ2n) is 4.31. The molecule has 4 nitrogen and oxygen atoms in total. The van der Waals surface area contributed by atoms with Crippen molar-refractivity contribution >= 4 is 17.3 Å². The Bertz CT molecular complexity index is 364. The smallest absolute Gasteiger partial charge is 0.303 e. The second-order valence-corrected chi connectivity index (χ2v) is 5.31. The molecule has 0 aromatic carbocycles. The standard InChI is InChI=1S/C12H19NO3S/c1-9-5-6-17-11(9)8-13(2)7-10(14)3-4-12(15)16/h5-6,10,14H,3-4,7-8H2,1-2H3,(H,15,16). The number of aliphatic carboxylic acids is 1. The Balaban J connectivity index is 2.31. The van der Waals surface area contributed by atoms with Crippen LogP contribution in [0.5, 0.6) is 0 Å². The molecule has 0 aliphatic rings. The predicted octanol–water partition coefficient (Wildman–Crippen LogP) is 1.71. The van der Waals surface area contributed by atoms with Crippen molar-refractivity contribution in [2.75, 3.05) is 13.6 Å². The number of rotatable bonds is 7. The molecule has 0 saturated heterocycles. The van der Waals surface area contributed by atoms with Gasteiger partial charge in [-0.05, 0) is 37.4 Å². The third-order valence-corrected chi connectivity index (χ3v) is 3.60. The van der Waals surface area contributed by atoms with E-state index in [0.29, 0.717) is 13.0 Å². The average Bonchev–Trinajstić information content (AvgIpc) is 2.61. The zero-order chi connectivity index (χ0) is 12.8. The van der Waals surface area contributed by atoms with Crippen LogP contribution in [0.4, 0.5) is 0 Å². The molecule has 1 aromatic rings. The Hall–Kier alpha value is -0.910. The molecule has 1 unspecified atom stereocenters. The van der Waals surface area contributed by atoms with Gasteiger partial charge in [-0.25, -0.2) is 0 Å². The number of thiophene rings is 1. The topological polar surface area (TPSA) is 60.8 Å². The minimum atomic E-state index is -0.860. The molecule has 0 amide bonds. The molecule has 2 N–H and O–H groups in total. The van der Waals surface area contributed by atoms with E-state index in [1.807, 2.05) is 11.9 Å². The first-order chi connectivity index (χ1) is 7.99. The molecule has 0 saturated carbocycles. The fourth-order valence-corrected chi connectivity index (χ4v) is 2.60. The zero-order valence-corrected chi connectivity index (χ0v) is 11.0. The molecule has 0 bridgehead atoms. The molecule has 17 heavy (non-hydrogen) atoms. The molecule has 1 rings (SSSR count). The molecular formula is C12H19NO3S. The average molecular weight is 257 g/mol. The molecule has 1 atom stereocenters. The van der Waals surface area contributed by atoms with Crippen molar-refractivity contribution in [3.63, 3.8) is 0 Å². The van der Waals surface area contributed by atoms with Gasteiger partial charge in [0.1, 0.15) is 0 Å². The molecule has 96 valence electrons. The third-order valence-electron chi connectivity index (χ3n) is 2.60. The summed E-state index contributed by atoms with van der Waals surface area (Å²) in [4.78, 5) is 13.7. The van der Waals surface area contributed by atoms with Crippen LogP contribution in [0, 0.1) is 6.92 Å². The van der Waals surface area contributed by atoms with Gasteiger partial charge in [0.05, 0.1) is 6.10 Å². The van der Waals surface area contributed by atoms with Gasteiger partial charge in [-0.2, -0.15) is 0 Å². The van der Waals surface area contributed by atoms with Crippen LogP contribution >= 0.6 is 11.3 Å². The van der Waals surface area contributed by atoms with Crippen LogP contribution in [-0.4, -0.2) is 40.8 Å². The lowest BCUT2D eigenvalue weighted by molar-refractivity contribution is -0.137. The van der Waals surface area contributed by atoms with Gasteiger partial charge in [-0.15, -0.1) is 11.3 Å². The minimum absolute atomic E-state index is 0.0209. The Morgan fingerprint density at radius 3 is 2.82 bits per heavy atom. The van der Waals surface area contributed by atoms with E-state index in [-0.39, 0.29) is 6.42 Å². The van der Waals surface area contributed by atoms with Crippen molar-refractivity contribution in [1.82, 2.24) is 4.90 Å². The van der Waals surface area contributed by atoms with Crippen LogP contribution in [-0.2, 0) is 11.3 Å². The Morgan fingerprint density at radius 1 is 1.59 bits per heavy atom. The number of nitrogens with zero attached hydrogens (tertiary/aromatic N) is 1. The first kappa shape index (κ1) is 14.2. The maximum Gasteiger partial charge on any atom is 0.303 e. The highest BCUT2D eigenvalue weighted by Gasteiger charge is 2.11. The van der Waals surface area contributed by atoms with E-state index in [0.717, 1.165) is 6.54 Å². The number of aliphatic hydroxyl groups is 1. The third kappa shape index (κ3) is 5.30.